The average Bonchev–Trinajstić information content (AvgIpc) is 2.40. The molecule has 1 N–H and O–H groups in total. The minimum Gasteiger partial charge on any atom is -0.312 e. The zero-order chi connectivity index (χ0) is 15.1. The van der Waals surface area contributed by atoms with Crippen LogP contribution in [0.1, 0.15) is 15.9 Å². The van der Waals surface area contributed by atoms with Gasteiger partial charge in [-0.05, 0) is 0 Å². The van der Waals surface area contributed by atoms with Gasteiger partial charge in [-0.25, -0.2) is 15.0 Å². The van der Waals surface area contributed by atoms with E-state index < -0.39 is 5.56 Å². The van der Waals surface area contributed by atoms with Crippen molar-refractivity contribution in [1.82, 2.24) is 19.9 Å². The molecule has 2 aromatic rings. The van der Waals surface area contributed by atoms with Gasteiger partial charge in [-0.15, -0.1) is 0 Å². The van der Waals surface area contributed by atoms with Crippen molar-refractivity contribution in [3.8, 4) is 6.07 Å². The van der Waals surface area contributed by atoms with Crippen LogP contribution in [0.3, 0.4) is 0 Å². The molecule has 20 heavy (non-hydrogen) atoms. The molecule has 0 spiro atoms. The number of aromatic amines is 1. The summed E-state index contributed by atoms with van der Waals surface area (Å²) >= 11 is 16.3. The molecule has 2 aromatic heterocycles. The molecular formula is C10H4Cl3N5O2. The Balaban J connectivity index is 0.000000200. The first-order chi connectivity index (χ1) is 9.51. The molecule has 10 heteroatoms. The van der Waals surface area contributed by atoms with Crippen molar-refractivity contribution >= 4 is 41.1 Å². The Hall–Kier alpha value is -2.01. The van der Waals surface area contributed by atoms with E-state index in [-0.39, 0.29) is 26.6 Å². The molecular weight excluding hydrogens is 329 g/mol. The Bertz CT molecular complexity index is 705. The monoisotopic (exact) mass is 331 g/mol. The molecule has 0 amide bonds. The molecule has 0 bridgehead atoms. The van der Waals surface area contributed by atoms with Gasteiger partial charge in [0.05, 0.1) is 11.9 Å². The van der Waals surface area contributed by atoms with E-state index in [1.165, 1.54) is 6.33 Å². The number of hydrogen-bond acceptors (Lipinski definition) is 6. The largest absolute Gasteiger partial charge is 0.312 e. The second kappa shape index (κ2) is 7.55. The number of hydrogen-bond donors (Lipinski definition) is 1. The van der Waals surface area contributed by atoms with Crippen LogP contribution in [-0.4, -0.2) is 26.2 Å². The van der Waals surface area contributed by atoms with Gasteiger partial charge in [-0.2, -0.15) is 5.26 Å². The highest BCUT2D eigenvalue weighted by Gasteiger charge is 2.04. The molecule has 2 rings (SSSR count). The maximum Gasteiger partial charge on any atom is 0.270 e. The van der Waals surface area contributed by atoms with Gasteiger partial charge in [0.2, 0.25) is 0 Å². The van der Waals surface area contributed by atoms with Crippen LogP contribution in [0, 0.1) is 11.3 Å². The number of nitrogens with one attached hydrogen (secondary N) is 1. The summed E-state index contributed by atoms with van der Waals surface area (Å²) in [5.41, 5.74) is -0.530. The van der Waals surface area contributed by atoms with E-state index in [9.17, 15) is 9.59 Å². The lowest BCUT2D eigenvalue weighted by Gasteiger charge is -1.93. The van der Waals surface area contributed by atoms with E-state index >= 15 is 0 Å². The third kappa shape index (κ3) is 3.99. The fraction of sp³-hybridized carbons (Fsp3) is 0. The zero-order valence-corrected chi connectivity index (χ0v) is 11.7. The number of aldehydes is 1. The highest BCUT2D eigenvalue weighted by molar-refractivity contribution is 6.36. The number of H-pyrrole nitrogens is 1. The maximum absolute atomic E-state index is 10.7. The van der Waals surface area contributed by atoms with Crippen LogP contribution in [0.2, 0.25) is 15.5 Å². The Kier molecular flexibility index (Phi) is 6.06. The Labute approximate surface area is 127 Å². The van der Waals surface area contributed by atoms with E-state index in [4.69, 9.17) is 40.1 Å². The van der Waals surface area contributed by atoms with Gasteiger partial charge in [0.1, 0.15) is 22.7 Å². The summed E-state index contributed by atoms with van der Waals surface area (Å²) in [4.78, 5) is 33.7. The van der Waals surface area contributed by atoms with Gasteiger partial charge in [-0.3, -0.25) is 9.59 Å². The normalized spacial score (nSPS) is 9.10. The van der Waals surface area contributed by atoms with Crippen LogP contribution < -0.4 is 5.56 Å². The quantitative estimate of drug-likeness (QED) is 0.630. The molecule has 0 aromatic carbocycles. The molecule has 0 aliphatic heterocycles. The van der Waals surface area contributed by atoms with Crippen LogP contribution in [0.4, 0.5) is 0 Å². The highest BCUT2D eigenvalue weighted by Crippen LogP contribution is 2.16. The first kappa shape index (κ1) is 16.0. The minimum atomic E-state index is -0.512. The van der Waals surface area contributed by atoms with E-state index in [0.717, 1.165) is 6.33 Å². The summed E-state index contributed by atoms with van der Waals surface area (Å²) in [5.74, 6) is 0. The standard InChI is InChI=1S/C5H2Cl2N2O.C5H2ClN3O/c6-4-3(1-10)5(7)9-2-8-4;6-4-3(1-7)5(10)9-2-8-4/h1-2H;2H,(H,8,9,10). The molecule has 102 valence electrons. The number of carbonyl (C=O) groups is 1. The molecule has 0 atom stereocenters. The van der Waals surface area contributed by atoms with E-state index in [0.29, 0.717) is 6.29 Å². The highest BCUT2D eigenvalue weighted by atomic mass is 35.5. The summed E-state index contributed by atoms with van der Waals surface area (Å²) in [6.45, 7) is 0. The molecule has 0 unspecified atom stereocenters. The van der Waals surface area contributed by atoms with Crippen LogP contribution in [0.15, 0.2) is 17.4 Å². The predicted octanol–water partition coefficient (Wildman–Crippen LogP) is 1.89. The van der Waals surface area contributed by atoms with Crippen molar-refractivity contribution < 1.29 is 4.79 Å². The van der Waals surface area contributed by atoms with Gasteiger partial charge >= 0.3 is 0 Å². The lowest BCUT2D eigenvalue weighted by atomic mass is 10.4. The molecule has 0 aliphatic carbocycles. The Morgan fingerprint density at radius 1 is 1.15 bits per heavy atom. The lowest BCUT2D eigenvalue weighted by molar-refractivity contribution is 0.112. The van der Waals surface area contributed by atoms with Crippen LogP contribution >= 0.6 is 34.8 Å². The van der Waals surface area contributed by atoms with Crippen molar-refractivity contribution in [3.63, 3.8) is 0 Å². The van der Waals surface area contributed by atoms with Crippen molar-refractivity contribution in [3.05, 3.63) is 49.6 Å². The molecule has 2 heterocycles. The number of rotatable bonds is 1. The molecule has 0 fully saturated rings. The first-order valence-corrected chi connectivity index (χ1v) is 5.89. The molecule has 0 saturated heterocycles. The van der Waals surface area contributed by atoms with Gasteiger partial charge < -0.3 is 4.98 Å². The SMILES string of the molecule is N#Cc1c(Cl)nc[nH]c1=O.O=Cc1c(Cl)ncnc1Cl. The van der Waals surface area contributed by atoms with E-state index in [1.807, 2.05) is 0 Å². The van der Waals surface area contributed by atoms with Crippen molar-refractivity contribution in [1.29, 1.82) is 5.26 Å². The van der Waals surface area contributed by atoms with Crippen molar-refractivity contribution in [2.24, 2.45) is 0 Å². The van der Waals surface area contributed by atoms with Gasteiger partial charge in [0.15, 0.2) is 17.0 Å². The molecule has 0 aliphatic rings. The number of halogens is 3. The average molecular weight is 333 g/mol. The number of carbonyl (C=O) groups excluding carboxylic acids is 1. The topological polar surface area (TPSA) is 112 Å². The Morgan fingerprint density at radius 2 is 1.75 bits per heavy atom. The number of aromatic nitrogens is 4. The summed E-state index contributed by atoms with van der Waals surface area (Å²) in [6.07, 6.45) is 2.85. The number of nitrogens with zero attached hydrogens (tertiary/aromatic N) is 4. The minimum absolute atomic E-state index is 0.0637. The van der Waals surface area contributed by atoms with Crippen LogP contribution in [-0.2, 0) is 0 Å². The smallest absolute Gasteiger partial charge is 0.270 e. The zero-order valence-electron chi connectivity index (χ0n) is 9.47. The van der Waals surface area contributed by atoms with Gasteiger partial charge in [0.25, 0.3) is 5.56 Å². The van der Waals surface area contributed by atoms with Crippen molar-refractivity contribution in [2.75, 3.05) is 0 Å². The lowest BCUT2D eigenvalue weighted by Crippen LogP contribution is -2.10. The molecule has 0 radical (unpaired) electrons. The van der Waals surface area contributed by atoms with Crippen LogP contribution in [0.5, 0.6) is 0 Å². The van der Waals surface area contributed by atoms with Crippen molar-refractivity contribution in [2.45, 2.75) is 0 Å². The maximum atomic E-state index is 10.7. The Morgan fingerprint density at radius 3 is 2.10 bits per heavy atom. The fourth-order valence-electron chi connectivity index (χ4n) is 0.927. The van der Waals surface area contributed by atoms with Crippen LogP contribution in [0.25, 0.3) is 0 Å². The third-order valence-corrected chi connectivity index (χ3v) is 2.71. The first-order valence-electron chi connectivity index (χ1n) is 4.75. The summed E-state index contributed by atoms with van der Waals surface area (Å²) < 4.78 is 0. The molecule has 7 nitrogen and oxygen atoms in total. The summed E-state index contributed by atoms with van der Waals surface area (Å²) in [7, 11) is 0. The number of nitriles is 1. The van der Waals surface area contributed by atoms with Gasteiger partial charge in [-0.1, -0.05) is 34.8 Å². The van der Waals surface area contributed by atoms with E-state index in [1.54, 1.807) is 6.07 Å². The summed E-state index contributed by atoms with van der Waals surface area (Å²) in [5, 5.41) is 8.40. The second-order valence-corrected chi connectivity index (χ2v) is 4.07. The molecule has 0 saturated carbocycles. The fourth-order valence-corrected chi connectivity index (χ4v) is 1.51. The second-order valence-electron chi connectivity index (χ2n) is 3.00. The third-order valence-electron chi connectivity index (χ3n) is 1.82. The predicted molar refractivity (Wildman–Crippen MR) is 72.0 cm³/mol. The summed E-state index contributed by atoms with van der Waals surface area (Å²) in [6, 6.07) is 1.63. The van der Waals surface area contributed by atoms with E-state index in [2.05, 4.69) is 19.9 Å². The van der Waals surface area contributed by atoms with Gasteiger partial charge in [0, 0.05) is 0 Å².